The maximum Gasteiger partial charge on any atom is 0.319 e. The number of aliphatic hydroxyl groups excluding tert-OH is 1. The molecule has 1 aliphatic rings. The first kappa shape index (κ1) is 17.6. The number of carbonyl (C=O) groups excluding carboxylic acids is 1. The summed E-state index contributed by atoms with van der Waals surface area (Å²) in [7, 11) is 0. The highest BCUT2D eigenvalue weighted by Gasteiger charge is 2.14. The average molecular weight is 319 g/mol. The van der Waals surface area contributed by atoms with E-state index < -0.39 is 0 Å². The van der Waals surface area contributed by atoms with E-state index in [4.69, 9.17) is 5.11 Å². The number of rotatable bonds is 5. The molecule has 1 heterocycles. The summed E-state index contributed by atoms with van der Waals surface area (Å²) in [5.74, 6) is 0.0317. The van der Waals surface area contributed by atoms with Crippen molar-refractivity contribution in [3.8, 4) is 0 Å². The van der Waals surface area contributed by atoms with Gasteiger partial charge in [0.1, 0.15) is 0 Å². The Bertz CT molecular complexity index is 499. The molecule has 3 N–H and O–H groups in total. The van der Waals surface area contributed by atoms with Gasteiger partial charge in [-0.1, -0.05) is 25.8 Å². The van der Waals surface area contributed by atoms with Gasteiger partial charge in [-0.3, -0.25) is 0 Å². The Kier molecular flexibility index (Phi) is 6.71. The maximum atomic E-state index is 12.1. The van der Waals surface area contributed by atoms with Crippen LogP contribution < -0.4 is 15.5 Å². The van der Waals surface area contributed by atoms with E-state index in [1.54, 1.807) is 0 Å². The van der Waals surface area contributed by atoms with Crippen LogP contribution in [-0.2, 0) is 0 Å². The van der Waals surface area contributed by atoms with Crippen LogP contribution in [0.4, 0.5) is 16.2 Å². The van der Waals surface area contributed by atoms with Crippen molar-refractivity contribution in [2.24, 2.45) is 5.92 Å². The number of anilines is 2. The zero-order valence-corrected chi connectivity index (χ0v) is 14.2. The lowest BCUT2D eigenvalue weighted by atomic mass is 10.1. The number of nitrogens with zero attached hydrogens (tertiary/aromatic N) is 1. The van der Waals surface area contributed by atoms with Crippen molar-refractivity contribution >= 4 is 17.4 Å². The van der Waals surface area contributed by atoms with Crippen molar-refractivity contribution in [1.29, 1.82) is 0 Å². The van der Waals surface area contributed by atoms with Crippen molar-refractivity contribution in [3.05, 3.63) is 24.3 Å². The van der Waals surface area contributed by atoms with Gasteiger partial charge in [0.25, 0.3) is 0 Å². The van der Waals surface area contributed by atoms with Crippen LogP contribution >= 0.6 is 0 Å². The van der Waals surface area contributed by atoms with Crippen LogP contribution in [0.5, 0.6) is 0 Å². The average Bonchev–Trinajstić information content (AvgIpc) is 2.83. The molecule has 5 heteroatoms. The Labute approximate surface area is 139 Å². The van der Waals surface area contributed by atoms with Crippen molar-refractivity contribution < 1.29 is 9.90 Å². The molecule has 1 aromatic carbocycles. The summed E-state index contributed by atoms with van der Waals surface area (Å²) in [6, 6.07) is 7.71. The molecule has 1 aliphatic heterocycles. The van der Waals surface area contributed by atoms with Crippen molar-refractivity contribution in [2.45, 2.75) is 45.6 Å². The van der Waals surface area contributed by atoms with Crippen LogP contribution in [0.25, 0.3) is 0 Å². The van der Waals surface area contributed by atoms with Gasteiger partial charge in [-0.25, -0.2) is 4.79 Å². The molecule has 128 valence electrons. The predicted octanol–water partition coefficient (Wildman–Crippen LogP) is 3.21. The van der Waals surface area contributed by atoms with Gasteiger partial charge in [0.15, 0.2) is 0 Å². The highest BCUT2D eigenvalue weighted by Crippen LogP contribution is 2.22. The van der Waals surface area contributed by atoms with E-state index in [0.717, 1.165) is 18.8 Å². The van der Waals surface area contributed by atoms with Gasteiger partial charge >= 0.3 is 6.03 Å². The number of hydrogen-bond donors (Lipinski definition) is 3. The molecule has 0 spiro atoms. The molecule has 0 aromatic heterocycles. The minimum absolute atomic E-state index is 0.0317. The number of aliphatic hydroxyl groups is 1. The van der Waals surface area contributed by atoms with Gasteiger partial charge < -0.3 is 20.6 Å². The second kappa shape index (κ2) is 8.77. The number of amides is 2. The van der Waals surface area contributed by atoms with E-state index >= 15 is 0 Å². The summed E-state index contributed by atoms with van der Waals surface area (Å²) in [5.41, 5.74) is 1.97. The largest absolute Gasteiger partial charge is 0.396 e. The molecule has 2 atom stereocenters. The van der Waals surface area contributed by atoms with Gasteiger partial charge in [0, 0.05) is 37.1 Å². The smallest absolute Gasteiger partial charge is 0.319 e. The predicted molar refractivity (Wildman–Crippen MR) is 95.0 cm³/mol. The Morgan fingerprint density at radius 1 is 1.22 bits per heavy atom. The molecule has 2 amide bonds. The summed E-state index contributed by atoms with van der Waals surface area (Å²) < 4.78 is 0. The molecule has 1 saturated heterocycles. The lowest BCUT2D eigenvalue weighted by Gasteiger charge is -2.23. The Balaban J connectivity index is 1.95. The fourth-order valence-electron chi connectivity index (χ4n) is 2.78. The summed E-state index contributed by atoms with van der Waals surface area (Å²) in [6.45, 7) is 6.03. The van der Waals surface area contributed by atoms with Crippen LogP contribution in [0.15, 0.2) is 24.3 Å². The number of urea groups is 1. The molecule has 0 aliphatic carbocycles. The zero-order valence-electron chi connectivity index (χ0n) is 14.2. The number of carbonyl (C=O) groups is 1. The molecule has 1 fully saturated rings. The van der Waals surface area contributed by atoms with E-state index in [2.05, 4.69) is 21.6 Å². The lowest BCUT2D eigenvalue weighted by Crippen LogP contribution is -2.40. The standard InChI is InChI=1S/C18H29N3O2/c1-14(13-22)15(2)19-18(23)20-16-8-7-9-17(12-16)21-10-5-3-4-6-11-21/h7-9,12,14-15,22H,3-6,10-11,13H2,1-2H3,(H2,19,20,23). The second-order valence-electron chi connectivity index (χ2n) is 6.50. The first-order chi connectivity index (χ1) is 11.1. The minimum Gasteiger partial charge on any atom is -0.396 e. The van der Waals surface area contributed by atoms with Gasteiger partial charge in [-0.15, -0.1) is 0 Å². The third-order valence-corrected chi connectivity index (χ3v) is 4.58. The summed E-state index contributed by atoms with van der Waals surface area (Å²) in [6.07, 6.45) is 5.07. The summed E-state index contributed by atoms with van der Waals surface area (Å²) >= 11 is 0. The number of nitrogens with one attached hydrogen (secondary N) is 2. The highest BCUT2D eigenvalue weighted by atomic mass is 16.3. The van der Waals surface area contributed by atoms with E-state index in [0.29, 0.717) is 0 Å². The van der Waals surface area contributed by atoms with Crippen molar-refractivity contribution in [3.63, 3.8) is 0 Å². The lowest BCUT2D eigenvalue weighted by molar-refractivity contribution is 0.204. The van der Waals surface area contributed by atoms with Gasteiger partial charge in [-0.05, 0) is 43.9 Å². The Hall–Kier alpha value is -1.75. The SMILES string of the molecule is CC(CO)C(C)NC(=O)Nc1cccc(N2CCCCCC2)c1. The van der Waals surface area contributed by atoms with Crippen molar-refractivity contribution in [1.82, 2.24) is 5.32 Å². The van der Waals surface area contributed by atoms with Crippen LogP contribution in [0.2, 0.25) is 0 Å². The number of hydrogen-bond acceptors (Lipinski definition) is 3. The highest BCUT2D eigenvalue weighted by molar-refractivity contribution is 5.90. The first-order valence-electron chi connectivity index (χ1n) is 8.63. The normalized spacial score (nSPS) is 18.0. The monoisotopic (exact) mass is 319 g/mol. The molecular formula is C18H29N3O2. The molecule has 0 radical (unpaired) electrons. The van der Waals surface area contributed by atoms with E-state index in [-0.39, 0.29) is 24.6 Å². The van der Waals surface area contributed by atoms with Crippen molar-refractivity contribution in [2.75, 3.05) is 29.9 Å². The number of benzene rings is 1. The second-order valence-corrected chi connectivity index (χ2v) is 6.50. The van der Waals surface area contributed by atoms with Gasteiger partial charge in [-0.2, -0.15) is 0 Å². The fourth-order valence-corrected chi connectivity index (χ4v) is 2.78. The Morgan fingerprint density at radius 3 is 2.57 bits per heavy atom. The molecule has 2 rings (SSSR count). The zero-order chi connectivity index (χ0) is 16.7. The Morgan fingerprint density at radius 2 is 1.91 bits per heavy atom. The first-order valence-corrected chi connectivity index (χ1v) is 8.63. The molecule has 2 unspecified atom stereocenters. The van der Waals surface area contributed by atoms with Crippen LogP contribution in [-0.4, -0.2) is 36.9 Å². The molecule has 23 heavy (non-hydrogen) atoms. The van der Waals surface area contributed by atoms with Crippen LogP contribution in [0.1, 0.15) is 39.5 Å². The molecule has 0 saturated carbocycles. The molecule has 5 nitrogen and oxygen atoms in total. The topological polar surface area (TPSA) is 64.6 Å². The van der Waals surface area contributed by atoms with Gasteiger partial charge in [0.2, 0.25) is 0 Å². The molecule has 1 aromatic rings. The van der Waals surface area contributed by atoms with E-state index in [1.807, 2.05) is 32.0 Å². The minimum atomic E-state index is -0.231. The summed E-state index contributed by atoms with van der Waals surface area (Å²) in [5, 5.41) is 14.9. The third kappa shape index (κ3) is 5.43. The molecular weight excluding hydrogens is 290 g/mol. The van der Waals surface area contributed by atoms with Crippen LogP contribution in [0.3, 0.4) is 0 Å². The quantitative estimate of drug-likeness (QED) is 0.781. The molecule has 0 bridgehead atoms. The van der Waals surface area contributed by atoms with E-state index in [1.165, 1.54) is 31.4 Å². The maximum absolute atomic E-state index is 12.1. The third-order valence-electron chi connectivity index (χ3n) is 4.58. The van der Waals surface area contributed by atoms with Gasteiger partial charge in [0.05, 0.1) is 0 Å². The summed E-state index contributed by atoms with van der Waals surface area (Å²) in [4.78, 5) is 14.5. The fraction of sp³-hybridized carbons (Fsp3) is 0.611. The van der Waals surface area contributed by atoms with E-state index in [9.17, 15) is 4.79 Å². The van der Waals surface area contributed by atoms with Crippen LogP contribution in [0, 0.1) is 5.92 Å².